The Hall–Kier alpha value is -2.45. The molecule has 0 unspecified atom stereocenters. The van der Waals surface area contributed by atoms with Crippen molar-refractivity contribution in [2.24, 2.45) is 0 Å². The third-order valence-electron chi connectivity index (χ3n) is 4.96. The number of amides is 1. The first-order valence-electron chi connectivity index (χ1n) is 10.7. The highest BCUT2D eigenvalue weighted by atomic mass is 79.9. The molecule has 32 heavy (non-hydrogen) atoms. The van der Waals surface area contributed by atoms with Crippen LogP contribution in [0.2, 0.25) is 0 Å². The molecule has 0 aliphatic carbocycles. The van der Waals surface area contributed by atoms with Gasteiger partial charge in [-0.25, -0.2) is 0 Å². The Morgan fingerprint density at radius 2 is 1.81 bits per heavy atom. The lowest BCUT2D eigenvalue weighted by molar-refractivity contribution is -0.124. The van der Waals surface area contributed by atoms with E-state index in [4.69, 9.17) is 14.2 Å². The lowest BCUT2D eigenvalue weighted by Crippen LogP contribution is -2.43. The second-order valence-corrected chi connectivity index (χ2v) is 9.50. The van der Waals surface area contributed by atoms with Crippen LogP contribution in [0.5, 0.6) is 11.5 Å². The Morgan fingerprint density at radius 1 is 1.12 bits per heavy atom. The number of hydrogen-bond acceptors (Lipinski definition) is 6. The molecule has 1 heterocycles. The van der Waals surface area contributed by atoms with Crippen molar-refractivity contribution >= 4 is 33.2 Å². The van der Waals surface area contributed by atoms with Crippen LogP contribution in [0.4, 0.5) is 11.4 Å². The average Bonchev–Trinajstić information content (AvgIpc) is 2.77. The number of nitrogens with one attached hydrogen (secondary N) is 2. The van der Waals surface area contributed by atoms with E-state index in [9.17, 15) is 4.79 Å². The molecule has 7 nitrogen and oxygen atoms in total. The largest absolute Gasteiger partial charge is 0.493 e. The molecule has 0 aromatic heterocycles. The van der Waals surface area contributed by atoms with E-state index in [1.807, 2.05) is 32.9 Å². The zero-order valence-corrected chi connectivity index (χ0v) is 20.8. The highest BCUT2D eigenvalue weighted by molar-refractivity contribution is 9.10. The molecule has 0 radical (unpaired) electrons. The van der Waals surface area contributed by atoms with Gasteiger partial charge >= 0.3 is 0 Å². The van der Waals surface area contributed by atoms with Crippen molar-refractivity contribution in [2.75, 3.05) is 50.2 Å². The van der Waals surface area contributed by atoms with Crippen LogP contribution in [0.3, 0.4) is 0 Å². The standard InChI is InChI=1S/C24H32BrN3O4/c1-24(2,3)27-22(29)16-32-23-19(20(25)9-10-21(23)30-4)15-26-17-5-7-18(8-6-17)28-11-13-31-14-12-28/h5-10,26H,11-16H2,1-4H3,(H,27,29). The van der Waals surface area contributed by atoms with Crippen LogP contribution in [0, 0.1) is 0 Å². The molecule has 3 rings (SSSR count). The molecule has 0 saturated carbocycles. The predicted octanol–water partition coefficient (Wildman–Crippen LogP) is 4.20. The van der Waals surface area contributed by atoms with E-state index in [1.165, 1.54) is 5.69 Å². The van der Waals surface area contributed by atoms with Crippen LogP contribution in [0.25, 0.3) is 0 Å². The number of ether oxygens (including phenoxy) is 3. The highest BCUT2D eigenvalue weighted by Crippen LogP contribution is 2.37. The fourth-order valence-electron chi connectivity index (χ4n) is 3.46. The third kappa shape index (κ3) is 6.77. The maximum atomic E-state index is 12.3. The molecule has 1 fully saturated rings. The molecule has 1 saturated heterocycles. The summed E-state index contributed by atoms with van der Waals surface area (Å²) in [6.45, 7) is 9.57. The zero-order valence-electron chi connectivity index (χ0n) is 19.2. The maximum Gasteiger partial charge on any atom is 0.258 e. The molecule has 1 aliphatic rings. The van der Waals surface area contributed by atoms with Gasteiger partial charge in [-0.15, -0.1) is 0 Å². The summed E-state index contributed by atoms with van der Waals surface area (Å²) < 4.78 is 17.7. The number of anilines is 2. The highest BCUT2D eigenvalue weighted by Gasteiger charge is 2.19. The van der Waals surface area contributed by atoms with E-state index >= 15 is 0 Å². The molecule has 1 aliphatic heterocycles. The topological polar surface area (TPSA) is 72.1 Å². The van der Waals surface area contributed by atoms with Crippen LogP contribution in [-0.2, 0) is 16.1 Å². The number of benzene rings is 2. The van der Waals surface area contributed by atoms with Crippen molar-refractivity contribution in [3.05, 3.63) is 46.4 Å². The van der Waals surface area contributed by atoms with E-state index < -0.39 is 0 Å². The summed E-state index contributed by atoms with van der Waals surface area (Å²) in [7, 11) is 1.59. The van der Waals surface area contributed by atoms with Crippen molar-refractivity contribution in [2.45, 2.75) is 32.9 Å². The summed E-state index contributed by atoms with van der Waals surface area (Å²) in [4.78, 5) is 14.6. The number of methoxy groups -OCH3 is 1. The number of carbonyl (C=O) groups excluding carboxylic acids is 1. The number of carbonyl (C=O) groups is 1. The first-order chi connectivity index (χ1) is 15.3. The Kier molecular flexibility index (Phi) is 8.26. The molecule has 0 atom stereocenters. The van der Waals surface area contributed by atoms with Crippen LogP contribution in [0.1, 0.15) is 26.3 Å². The second kappa shape index (κ2) is 10.9. The van der Waals surface area contributed by atoms with Crippen LogP contribution < -0.4 is 25.0 Å². The Balaban J connectivity index is 1.69. The fourth-order valence-corrected chi connectivity index (χ4v) is 3.91. The van der Waals surface area contributed by atoms with Gasteiger partial charge in [0.15, 0.2) is 18.1 Å². The van der Waals surface area contributed by atoms with Gasteiger partial charge in [0.25, 0.3) is 5.91 Å². The molecule has 2 aromatic carbocycles. The molecular formula is C24H32BrN3O4. The predicted molar refractivity (Wildman–Crippen MR) is 131 cm³/mol. The smallest absolute Gasteiger partial charge is 0.258 e. The van der Waals surface area contributed by atoms with Crippen LogP contribution in [-0.4, -0.2) is 51.5 Å². The molecular weight excluding hydrogens is 474 g/mol. The lowest BCUT2D eigenvalue weighted by Gasteiger charge is -2.29. The van der Waals surface area contributed by atoms with E-state index in [2.05, 4.69) is 55.7 Å². The van der Waals surface area contributed by atoms with Gasteiger partial charge in [0.05, 0.1) is 20.3 Å². The van der Waals surface area contributed by atoms with E-state index in [-0.39, 0.29) is 18.1 Å². The summed E-state index contributed by atoms with van der Waals surface area (Å²) in [5.74, 6) is 0.941. The minimum atomic E-state index is -0.320. The second-order valence-electron chi connectivity index (χ2n) is 8.64. The summed E-state index contributed by atoms with van der Waals surface area (Å²) in [6, 6.07) is 12.1. The molecule has 1 amide bonds. The summed E-state index contributed by atoms with van der Waals surface area (Å²) in [5, 5.41) is 6.35. The summed E-state index contributed by atoms with van der Waals surface area (Å²) >= 11 is 3.61. The fraction of sp³-hybridized carbons (Fsp3) is 0.458. The van der Waals surface area contributed by atoms with E-state index in [0.29, 0.717) is 18.0 Å². The van der Waals surface area contributed by atoms with Crippen molar-refractivity contribution < 1.29 is 19.0 Å². The van der Waals surface area contributed by atoms with Gasteiger partial charge in [0.1, 0.15) is 0 Å². The van der Waals surface area contributed by atoms with Gasteiger partial charge in [-0.1, -0.05) is 15.9 Å². The molecule has 0 spiro atoms. The van der Waals surface area contributed by atoms with Gasteiger partial charge in [0.2, 0.25) is 0 Å². The van der Waals surface area contributed by atoms with Gasteiger partial charge in [-0.05, 0) is 57.2 Å². The SMILES string of the molecule is COc1ccc(Br)c(CNc2ccc(N3CCOCC3)cc2)c1OCC(=O)NC(C)(C)C. The average molecular weight is 506 g/mol. The van der Waals surface area contributed by atoms with Crippen molar-refractivity contribution in [3.63, 3.8) is 0 Å². The third-order valence-corrected chi connectivity index (χ3v) is 5.70. The first kappa shape index (κ1) is 24.2. The molecule has 0 bridgehead atoms. The molecule has 2 N–H and O–H groups in total. The number of nitrogens with zero attached hydrogens (tertiary/aromatic N) is 1. The number of rotatable bonds is 8. The summed E-state index contributed by atoms with van der Waals surface area (Å²) in [5.41, 5.74) is 2.74. The minimum absolute atomic E-state index is 0.0919. The Morgan fingerprint density at radius 3 is 2.44 bits per heavy atom. The van der Waals surface area contributed by atoms with Gasteiger partial charge in [-0.3, -0.25) is 4.79 Å². The number of hydrogen-bond donors (Lipinski definition) is 2. The summed E-state index contributed by atoms with van der Waals surface area (Å²) in [6.07, 6.45) is 0. The van der Waals surface area contributed by atoms with Gasteiger partial charge in [-0.2, -0.15) is 0 Å². The quantitative estimate of drug-likeness (QED) is 0.560. The van der Waals surface area contributed by atoms with Crippen LogP contribution >= 0.6 is 15.9 Å². The zero-order chi connectivity index (χ0) is 23.1. The van der Waals surface area contributed by atoms with Crippen molar-refractivity contribution in [1.82, 2.24) is 5.32 Å². The van der Waals surface area contributed by atoms with Crippen LogP contribution in [0.15, 0.2) is 40.9 Å². The maximum absolute atomic E-state index is 12.3. The molecule has 8 heteroatoms. The van der Waals surface area contributed by atoms with Gasteiger partial charge in [0, 0.05) is 46.6 Å². The van der Waals surface area contributed by atoms with E-state index in [0.717, 1.165) is 42.0 Å². The monoisotopic (exact) mass is 505 g/mol. The first-order valence-corrected chi connectivity index (χ1v) is 11.5. The van der Waals surface area contributed by atoms with Gasteiger partial charge < -0.3 is 29.7 Å². The molecule has 174 valence electrons. The van der Waals surface area contributed by atoms with Crippen molar-refractivity contribution in [1.29, 1.82) is 0 Å². The lowest BCUT2D eigenvalue weighted by atomic mass is 10.1. The van der Waals surface area contributed by atoms with Crippen molar-refractivity contribution in [3.8, 4) is 11.5 Å². The van der Waals surface area contributed by atoms with E-state index in [1.54, 1.807) is 7.11 Å². The molecule has 2 aromatic rings. The minimum Gasteiger partial charge on any atom is -0.493 e. The Bertz CT molecular complexity index is 907. The Labute approximate surface area is 198 Å². The number of halogens is 1. The normalized spacial score (nSPS) is 14.1. The number of morpholine rings is 1.